The van der Waals surface area contributed by atoms with E-state index in [4.69, 9.17) is 27.9 Å². The highest BCUT2D eigenvalue weighted by Gasteiger charge is 2.35. The van der Waals surface area contributed by atoms with Gasteiger partial charge in [0.2, 0.25) is 5.91 Å². The summed E-state index contributed by atoms with van der Waals surface area (Å²) >= 11 is 11.7. The lowest BCUT2D eigenvalue weighted by molar-refractivity contribution is -0.144. The highest BCUT2D eigenvalue weighted by molar-refractivity contribution is 6.33. The second kappa shape index (κ2) is 14.6. The van der Waals surface area contributed by atoms with Crippen molar-refractivity contribution in [2.24, 2.45) is 7.05 Å². The Balaban J connectivity index is 0.000000257. The third-order valence-electron chi connectivity index (χ3n) is 6.35. The first-order valence-electron chi connectivity index (χ1n) is 13.4. The minimum absolute atomic E-state index is 0.0104. The molecule has 0 bridgehead atoms. The Morgan fingerprint density at radius 3 is 2.22 bits per heavy atom. The van der Waals surface area contributed by atoms with E-state index < -0.39 is 35.2 Å². The van der Waals surface area contributed by atoms with E-state index in [1.807, 2.05) is 44.3 Å². The predicted molar refractivity (Wildman–Crippen MR) is 164 cm³/mol. The van der Waals surface area contributed by atoms with Crippen LogP contribution in [0.25, 0.3) is 5.69 Å². The van der Waals surface area contributed by atoms with Crippen LogP contribution in [0.2, 0.25) is 5.02 Å². The largest absolute Gasteiger partial charge is 0.459 e. The van der Waals surface area contributed by atoms with Crippen molar-refractivity contribution in [3.05, 3.63) is 109 Å². The molecule has 15 heteroatoms. The van der Waals surface area contributed by atoms with Crippen LogP contribution in [0.4, 0.5) is 18.9 Å². The number of hydrogen-bond acceptors (Lipinski definition) is 6. The zero-order valence-electron chi connectivity index (χ0n) is 24.9. The standard InChI is InChI=1S/C16H14ClF3N2O4.C14H16ClN3O/c1-8(2)26-14(24)10-6-9(4-5-11(10)17)22-13(23)7-12(16(18,19)20)21(3)15(22)25;1-11-5-3-6-12(2)14(11)18(13(19)9-15)10-17-8-4-7-16-17/h4-8H,1-3H3;3-8H,9-10H2,1-2H3. The normalized spacial score (nSPS) is 11.2. The number of ether oxygens (including phenoxy) is 1. The summed E-state index contributed by atoms with van der Waals surface area (Å²) in [5.41, 5.74) is -1.01. The van der Waals surface area contributed by atoms with Gasteiger partial charge >= 0.3 is 17.8 Å². The van der Waals surface area contributed by atoms with E-state index in [2.05, 4.69) is 5.10 Å². The van der Waals surface area contributed by atoms with Crippen molar-refractivity contribution in [1.82, 2.24) is 18.9 Å². The van der Waals surface area contributed by atoms with Gasteiger partial charge in [0.25, 0.3) is 5.56 Å². The fourth-order valence-electron chi connectivity index (χ4n) is 4.33. The van der Waals surface area contributed by atoms with E-state index >= 15 is 0 Å². The van der Waals surface area contributed by atoms with Gasteiger partial charge in [-0.05, 0) is 63.1 Å². The summed E-state index contributed by atoms with van der Waals surface area (Å²) in [4.78, 5) is 50.2. The number of nitrogens with zero attached hydrogens (tertiary/aromatic N) is 5. The first kappa shape index (κ1) is 35.1. The monoisotopic (exact) mass is 667 g/mol. The van der Waals surface area contributed by atoms with Crippen LogP contribution in [0.15, 0.2) is 70.5 Å². The number of rotatable bonds is 7. The Kier molecular flexibility index (Phi) is 11.4. The minimum atomic E-state index is -4.86. The number of amides is 1. The summed E-state index contributed by atoms with van der Waals surface area (Å²) in [6.45, 7) is 7.57. The Morgan fingerprint density at radius 1 is 1.04 bits per heavy atom. The summed E-state index contributed by atoms with van der Waals surface area (Å²) in [5, 5.41) is 4.15. The number of aryl methyl sites for hydroxylation is 2. The molecule has 4 rings (SSSR count). The average molecular weight is 668 g/mol. The average Bonchev–Trinajstić information content (AvgIpc) is 3.47. The highest BCUT2D eigenvalue weighted by Crippen LogP contribution is 2.28. The van der Waals surface area contributed by atoms with Crippen molar-refractivity contribution >= 4 is 40.8 Å². The van der Waals surface area contributed by atoms with Gasteiger partial charge in [-0.25, -0.2) is 14.2 Å². The van der Waals surface area contributed by atoms with Crippen molar-refractivity contribution in [3.8, 4) is 5.69 Å². The molecule has 0 radical (unpaired) electrons. The lowest BCUT2D eigenvalue weighted by atomic mass is 10.1. The number of para-hydroxylation sites is 1. The lowest BCUT2D eigenvalue weighted by Gasteiger charge is -2.25. The third kappa shape index (κ3) is 8.43. The van der Waals surface area contributed by atoms with Gasteiger partial charge in [-0.2, -0.15) is 18.3 Å². The maximum atomic E-state index is 12.9. The summed E-state index contributed by atoms with van der Waals surface area (Å²) in [7, 11) is 0.894. The van der Waals surface area contributed by atoms with Crippen LogP contribution in [0.3, 0.4) is 0 Å². The lowest BCUT2D eigenvalue weighted by Crippen LogP contribution is -2.40. The van der Waals surface area contributed by atoms with Crippen LogP contribution in [0.5, 0.6) is 0 Å². The second-order valence-electron chi connectivity index (χ2n) is 10.0. The van der Waals surface area contributed by atoms with Crippen LogP contribution in [0, 0.1) is 13.8 Å². The molecule has 1 amide bonds. The molecule has 0 N–H and O–H groups in total. The van der Waals surface area contributed by atoms with Gasteiger partial charge in [-0.1, -0.05) is 29.8 Å². The van der Waals surface area contributed by atoms with Crippen LogP contribution in [0.1, 0.15) is 41.0 Å². The number of hydrogen-bond donors (Lipinski definition) is 0. The molecule has 2 heterocycles. The molecule has 0 saturated carbocycles. The first-order chi connectivity index (χ1) is 21.1. The highest BCUT2D eigenvalue weighted by atomic mass is 35.5. The number of benzene rings is 2. The number of alkyl halides is 4. The zero-order chi connectivity index (χ0) is 33.6. The number of carbonyl (C=O) groups excluding carboxylic acids is 2. The maximum Gasteiger partial charge on any atom is 0.431 e. The topological polar surface area (TPSA) is 108 Å². The first-order valence-corrected chi connectivity index (χ1v) is 14.3. The van der Waals surface area contributed by atoms with Crippen molar-refractivity contribution in [2.75, 3.05) is 10.8 Å². The molecular formula is C30H30Cl2F3N5O5. The summed E-state index contributed by atoms with van der Waals surface area (Å²) in [5.74, 6) is -0.965. The number of anilines is 1. The van der Waals surface area contributed by atoms with Crippen molar-refractivity contribution < 1.29 is 27.5 Å². The van der Waals surface area contributed by atoms with E-state index in [0.717, 1.165) is 29.9 Å². The number of halogens is 5. The van der Waals surface area contributed by atoms with Crippen LogP contribution < -0.4 is 16.1 Å². The smallest absolute Gasteiger partial charge is 0.431 e. The number of aromatic nitrogens is 4. The van der Waals surface area contributed by atoms with Gasteiger partial charge in [-0.3, -0.25) is 23.7 Å². The van der Waals surface area contributed by atoms with Crippen LogP contribution in [-0.2, 0) is 29.4 Å². The van der Waals surface area contributed by atoms with Gasteiger partial charge < -0.3 is 4.74 Å². The van der Waals surface area contributed by atoms with E-state index in [1.165, 1.54) is 12.1 Å². The molecular weight excluding hydrogens is 638 g/mol. The Hall–Kier alpha value is -4.36. The van der Waals surface area contributed by atoms with E-state index in [0.29, 0.717) is 21.9 Å². The molecule has 0 saturated heterocycles. The quantitative estimate of drug-likeness (QED) is 0.190. The van der Waals surface area contributed by atoms with Crippen molar-refractivity contribution in [3.63, 3.8) is 0 Å². The zero-order valence-corrected chi connectivity index (χ0v) is 26.4. The third-order valence-corrected chi connectivity index (χ3v) is 6.91. The molecule has 0 atom stereocenters. The van der Waals surface area contributed by atoms with Gasteiger partial charge in [0.05, 0.1) is 28.1 Å². The predicted octanol–water partition coefficient (Wildman–Crippen LogP) is 5.50. The minimum Gasteiger partial charge on any atom is -0.459 e. The fourth-order valence-corrected chi connectivity index (χ4v) is 4.67. The molecule has 0 aliphatic heterocycles. The van der Waals surface area contributed by atoms with Crippen molar-refractivity contribution in [1.29, 1.82) is 0 Å². The molecule has 2 aromatic carbocycles. The maximum absolute atomic E-state index is 12.9. The SMILES string of the molecule is CC(C)OC(=O)c1cc(-n2c(=O)cc(C(F)(F)F)n(C)c2=O)ccc1Cl.Cc1cccc(C)c1N(Cn1cccn1)C(=O)CCl. The van der Waals surface area contributed by atoms with Gasteiger partial charge in [-0.15, -0.1) is 11.6 Å². The molecule has 240 valence electrons. The van der Waals surface area contributed by atoms with Crippen LogP contribution in [-0.4, -0.2) is 42.8 Å². The van der Waals surface area contributed by atoms with Gasteiger partial charge in [0.1, 0.15) is 18.2 Å². The van der Waals surface area contributed by atoms with E-state index in [1.54, 1.807) is 29.6 Å². The molecule has 4 aromatic rings. The summed E-state index contributed by atoms with van der Waals surface area (Å²) < 4.78 is 46.2. The van der Waals surface area contributed by atoms with Crippen LogP contribution >= 0.6 is 23.2 Å². The molecule has 0 fully saturated rings. The molecule has 2 aromatic heterocycles. The number of carbonyl (C=O) groups is 2. The fraction of sp³-hybridized carbons (Fsp3) is 0.300. The second-order valence-corrected chi connectivity index (χ2v) is 10.7. The van der Waals surface area contributed by atoms with E-state index in [9.17, 15) is 32.3 Å². The van der Waals surface area contributed by atoms with Gasteiger partial charge in [0.15, 0.2) is 0 Å². The molecule has 10 nitrogen and oxygen atoms in total. The number of esters is 1. The molecule has 0 spiro atoms. The molecule has 0 aliphatic rings. The Labute approximate surface area is 266 Å². The summed E-state index contributed by atoms with van der Waals surface area (Å²) in [6, 6.07) is 11.7. The summed E-state index contributed by atoms with van der Waals surface area (Å²) in [6.07, 6.45) is -1.79. The Morgan fingerprint density at radius 2 is 1.69 bits per heavy atom. The molecule has 0 aliphatic carbocycles. The van der Waals surface area contributed by atoms with Gasteiger partial charge in [0, 0.05) is 25.5 Å². The van der Waals surface area contributed by atoms with Crippen molar-refractivity contribution in [2.45, 2.75) is 46.6 Å². The Bertz CT molecular complexity index is 1780. The van der Waals surface area contributed by atoms with E-state index in [-0.39, 0.29) is 28.1 Å². The molecule has 0 unspecified atom stereocenters. The molecule has 45 heavy (non-hydrogen) atoms.